The van der Waals surface area contributed by atoms with Crippen molar-refractivity contribution in [1.29, 1.82) is 0 Å². The number of halogens is 1. The Morgan fingerprint density at radius 3 is 2.79 bits per heavy atom. The Labute approximate surface area is 121 Å². The standard InChI is InChI=1S/C14H15BrN4/c1-3-6-16-13-8-14(18-9-17-13)19-12-5-4-10(2)7-11(12)15/h3-5,7-9H,1,6H2,2H3,(H2,16,17,18,19). The molecule has 2 rings (SSSR count). The summed E-state index contributed by atoms with van der Waals surface area (Å²) in [5.41, 5.74) is 2.17. The Bertz CT molecular complexity index is 583. The molecule has 0 unspecified atom stereocenters. The molecule has 98 valence electrons. The van der Waals surface area contributed by atoms with Crippen molar-refractivity contribution in [3.8, 4) is 0 Å². The molecule has 0 aliphatic rings. The second kappa shape index (κ2) is 6.33. The zero-order chi connectivity index (χ0) is 13.7. The van der Waals surface area contributed by atoms with E-state index < -0.39 is 0 Å². The van der Waals surface area contributed by atoms with Crippen molar-refractivity contribution in [3.05, 3.63) is 53.3 Å². The van der Waals surface area contributed by atoms with Gasteiger partial charge in [0.05, 0.1) is 5.69 Å². The van der Waals surface area contributed by atoms with Crippen LogP contribution in [0.25, 0.3) is 0 Å². The van der Waals surface area contributed by atoms with Crippen molar-refractivity contribution in [3.63, 3.8) is 0 Å². The highest BCUT2D eigenvalue weighted by Crippen LogP contribution is 2.26. The fourth-order valence-electron chi connectivity index (χ4n) is 1.56. The molecule has 0 fully saturated rings. The van der Waals surface area contributed by atoms with Crippen LogP contribution in [0.15, 0.2) is 47.7 Å². The van der Waals surface area contributed by atoms with E-state index in [4.69, 9.17) is 0 Å². The lowest BCUT2D eigenvalue weighted by Gasteiger charge is -2.09. The molecule has 0 bridgehead atoms. The quantitative estimate of drug-likeness (QED) is 0.821. The third kappa shape index (κ3) is 3.79. The van der Waals surface area contributed by atoms with Crippen molar-refractivity contribution < 1.29 is 0 Å². The van der Waals surface area contributed by atoms with Gasteiger partial charge in [-0.3, -0.25) is 0 Å². The second-order valence-corrected chi connectivity index (χ2v) is 4.92. The zero-order valence-corrected chi connectivity index (χ0v) is 12.2. The van der Waals surface area contributed by atoms with E-state index >= 15 is 0 Å². The molecule has 0 radical (unpaired) electrons. The predicted molar refractivity (Wildman–Crippen MR) is 82.9 cm³/mol. The number of anilines is 3. The van der Waals surface area contributed by atoms with E-state index in [1.165, 1.54) is 11.9 Å². The number of hydrogen-bond donors (Lipinski definition) is 2. The van der Waals surface area contributed by atoms with Crippen molar-refractivity contribution in [2.24, 2.45) is 0 Å². The van der Waals surface area contributed by atoms with Gasteiger partial charge in [-0.2, -0.15) is 0 Å². The van der Waals surface area contributed by atoms with E-state index in [0.29, 0.717) is 6.54 Å². The maximum absolute atomic E-state index is 4.20. The summed E-state index contributed by atoms with van der Waals surface area (Å²) >= 11 is 3.53. The van der Waals surface area contributed by atoms with Gasteiger partial charge in [-0.05, 0) is 40.5 Å². The van der Waals surface area contributed by atoms with Gasteiger partial charge in [0.15, 0.2) is 0 Å². The summed E-state index contributed by atoms with van der Waals surface area (Å²) in [5.74, 6) is 1.51. The molecule has 0 amide bonds. The summed E-state index contributed by atoms with van der Waals surface area (Å²) < 4.78 is 1.01. The first-order valence-corrected chi connectivity index (χ1v) is 6.68. The molecule has 1 aromatic carbocycles. The van der Waals surface area contributed by atoms with Crippen LogP contribution in [0.1, 0.15) is 5.56 Å². The average Bonchev–Trinajstić information content (AvgIpc) is 2.40. The number of rotatable bonds is 5. The number of nitrogens with zero attached hydrogens (tertiary/aromatic N) is 2. The number of aryl methyl sites for hydroxylation is 1. The fraction of sp³-hybridized carbons (Fsp3) is 0.143. The van der Waals surface area contributed by atoms with Gasteiger partial charge >= 0.3 is 0 Å². The van der Waals surface area contributed by atoms with Gasteiger partial charge in [-0.1, -0.05) is 12.1 Å². The molecule has 19 heavy (non-hydrogen) atoms. The summed E-state index contributed by atoms with van der Waals surface area (Å²) in [6, 6.07) is 7.97. The van der Waals surface area contributed by atoms with Gasteiger partial charge in [-0.25, -0.2) is 9.97 Å². The Morgan fingerprint density at radius 2 is 2.05 bits per heavy atom. The van der Waals surface area contributed by atoms with Crippen LogP contribution < -0.4 is 10.6 Å². The molecule has 0 atom stereocenters. The first-order chi connectivity index (χ1) is 9.19. The third-order valence-corrected chi connectivity index (χ3v) is 3.14. The van der Waals surface area contributed by atoms with E-state index in [9.17, 15) is 0 Å². The maximum atomic E-state index is 4.20. The minimum absolute atomic E-state index is 0.671. The van der Waals surface area contributed by atoms with E-state index in [-0.39, 0.29) is 0 Å². The molecule has 5 heteroatoms. The molecule has 1 aromatic heterocycles. The normalized spacial score (nSPS) is 10.0. The summed E-state index contributed by atoms with van der Waals surface area (Å²) in [7, 11) is 0. The molecule has 2 N–H and O–H groups in total. The molecule has 4 nitrogen and oxygen atoms in total. The topological polar surface area (TPSA) is 49.8 Å². The minimum Gasteiger partial charge on any atom is -0.366 e. The molecule has 0 saturated carbocycles. The molecular weight excluding hydrogens is 304 g/mol. The first kappa shape index (κ1) is 13.5. The molecule has 0 aliphatic heterocycles. The molecule has 1 heterocycles. The van der Waals surface area contributed by atoms with Crippen molar-refractivity contribution in [2.45, 2.75) is 6.92 Å². The lowest BCUT2D eigenvalue weighted by atomic mass is 10.2. The molecular formula is C14H15BrN4. The van der Waals surface area contributed by atoms with Gasteiger partial charge in [0, 0.05) is 17.1 Å². The Balaban J connectivity index is 2.16. The van der Waals surface area contributed by atoms with Crippen LogP contribution in [0.5, 0.6) is 0 Å². The number of aromatic nitrogens is 2. The van der Waals surface area contributed by atoms with Gasteiger partial charge in [0.25, 0.3) is 0 Å². The molecule has 0 saturated heterocycles. The summed E-state index contributed by atoms with van der Waals surface area (Å²) in [6.07, 6.45) is 3.31. The molecule has 0 spiro atoms. The predicted octanol–water partition coefficient (Wildman–Crippen LogP) is 3.89. The summed E-state index contributed by atoms with van der Waals surface area (Å²) in [4.78, 5) is 8.33. The molecule has 2 aromatic rings. The van der Waals surface area contributed by atoms with Crippen LogP contribution in [0.2, 0.25) is 0 Å². The average molecular weight is 319 g/mol. The van der Waals surface area contributed by atoms with Gasteiger partial charge < -0.3 is 10.6 Å². The zero-order valence-electron chi connectivity index (χ0n) is 10.7. The van der Waals surface area contributed by atoms with Crippen molar-refractivity contribution >= 4 is 33.3 Å². The largest absolute Gasteiger partial charge is 0.366 e. The van der Waals surface area contributed by atoms with Crippen molar-refractivity contribution in [1.82, 2.24) is 9.97 Å². The smallest absolute Gasteiger partial charge is 0.135 e. The first-order valence-electron chi connectivity index (χ1n) is 5.89. The second-order valence-electron chi connectivity index (χ2n) is 4.07. The van der Waals surface area contributed by atoms with Gasteiger partial charge in [0.2, 0.25) is 0 Å². The van der Waals surface area contributed by atoms with E-state index in [1.54, 1.807) is 6.08 Å². The number of benzene rings is 1. The fourth-order valence-corrected chi connectivity index (χ4v) is 2.15. The Morgan fingerprint density at radius 1 is 1.26 bits per heavy atom. The van der Waals surface area contributed by atoms with Crippen LogP contribution in [-0.2, 0) is 0 Å². The number of hydrogen-bond acceptors (Lipinski definition) is 4. The van der Waals surface area contributed by atoms with Crippen molar-refractivity contribution in [2.75, 3.05) is 17.2 Å². The van der Waals surface area contributed by atoms with Gasteiger partial charge in [0.1, 0.15) is 18.0 Å². The highest BCUT2D eigenvalue weighted by Gasteiger charge is 2.02. The highest BCUT2D eigenvalue weighted by molar-refractivity contribution is 9.10. The van der Waals surface area contributed by atoms with Crippen LogP contribution in [0.4, 0.5) is 17.3 Å². The third-order valence-electron chi connectivity index (χ3n) is 2.48. The lowest BCUT2D eigenvalue weighted by molar-refractivity contribution is 1.14. The summed E-state index contributed by atoms with van der Waals surface area (Å²) in [6.45, 7) is 6.38. The van der Waals surface area contributed by atoms with Gasteiger partial charge in [-0.15, -0.1) is 6.58 Å². The SMILES string of the molecule is C=CCNc1cc(Nc2ccc(C)cc2Br)ncn1. The van der Waals surface area contributed by atoms with Crippen LogP contribution in [-0.4, -0.2) is 16.5 Å². The lowest BCUT2D eigenvalue weighted by Crippen LogP contribution is -2.02. The monoisotopic (exact) mass is 318 g/mol. The van der Waals surface area contributed by atoms with Crippen LogP contribution in [0.3, 0.4) is 0 Å². The number of nitrogens with one attached hydrogen (secondary N) is 2. The highest BCUT2D eigenvalue weighted by atomic mass is 79.9. The Hall–Kier alpha value is -1.88. The summed E-state index contributed by atoms with van der Waals surface area (Å²) in [5, 5.41) is 6.38. The van der Waals surface area contributed by atoms with E-state index in [1.807, 2.05) is 18.2 Å². The van der Waals surface area contributed by atoms with Crippen LogP contribution in [0, 0.1) is 6.92 Å². The minimum atomic E-state index is 0.671. The molecule has 0 aliphatic carbocycles. The van der Waals surface area contributed by atoms with E-state index in [2.05, 4.69) is 56.1 Å². The van der Waals surface area contributed by atoms with Crippen LogP contribution >= 0.6 is 15.9 Å². The Kier molecular flexibility index (Phi) is 4.52. The maximum Gasteiger partial charge on any atom is 0.135 e. The van der Waals surface area contributed by atoms with E-state index in [0.717, 1.165) is 21.8 Å².